The molecular weight excluding hydrogens is 230 g/mol. The van der Waals surface area contributed by atoms with Crippen molar-refractivity contribution in [2.45, 2.75) is 5.75 Å². The van der Waals surface area contributed by atoms with E-state index in [1.165, 1.54) is 19.2 Å². The Bertz CT molecular complexity index is 508. The Morgan fingerprint density at radius 3 is 2.50 bits per heavy atom. The van der Waals surface area contributed by atoms with E-state index in [1.54, 1.807) is 6.07 Å². The minimum Gasteiger partial charge on any atom is -0.465 e. The number of ether oxygens (including phenoxy) is 1. The smallest absolute Gasteiger partial charge is 0.339 e. The van der Waals surface area contributed by atoms with E-state index < -0.39 is 15.8 Å². The first-order chi connectivity index (χ1) is 7.33. The van der Waals surface area contributed by atoms with Gasteiger partial charge in [0.05, 0.1) is 18.4 Å². The van der Waals surface area contributed by atoms with E-state index in [1.807, 2.05) is 0 Å². The molecule has 0 aliphatic carbocycles. The summed E-state index contributed by atoms with van der Waals surface area (Å²) >= 11 is 0. The fraction of sp³-hybridized carbons (Fsp3) is 0.300. The molecule has 0 bridgehead atoms. The second-order valence-electron chi connectivity index (χ2n) is 3.48. The molecule has 1 aromatic rings. The Morgan fingerprint density at radius 1 is 1.44 bits per heavy atom. The number of carbonyl (C=O) groups excluding carboxylic acids is 1. The zero-order valence-electron chi connectivity index (χ0n) is 9.06. The summed E-state index contributed by atoms with van der Waals surface area (Å²) in [4.78, 5) is 11.2. The molecule has 0 amide bonds. The highest BCUT2D eigenvalue weighted by molar-refractivity contribution is 7.89. The summed E-state index contributed by atoms with van der Waals surface area (Å²) in [5.74, 6) is -0.637. The molecule has 2 N–H and O–H groups in total. The summed E-state index contributed by atoms with van der Waals surface area (Å²) < 4.78 is 26.6. The van der Waals surface area contributed by atoms with Gasteiger partial charge in [-0.3, -0.25) is 0 Å². The number of nitrogen functional groups attached to an aromatic ring is 1. The molecule has 1 aromatic carbocycles. The SMILES string of the molecule is COC(=O)c1ccc(CS(C)(=O)=O)cc1N. The zero-order chi connectivity index (χ0) is 12.3. The lowest BCUT2D eigenvalue weighted by Gasteiger charge is -2.06. The number of esters is 1. The molecule has 0 saturated carbocycles. The monoisotopic (exact) mass is 243 g/mol. The van der Waals surface area contributed by atoms with Crippen LogP contribution in [0, 0.1) is 0 Å². The normalized spacial score (nSPS) is 11.1. The zero-order valence-corrected chi connectivity index (χ0v) is 9.87. The Kier molecular flexibility index (Phi) is 3.54. The van der Waals surface area contributed by atoms with Crippen LogP contribution in [0.15, 0.2) is 18.2 Å². The van der Waals surface area contributed by atoms with Crippen molar-refractivity contribution in [2.24, 2.45) is 0 Å². The van der Waals surface area contributed by atoms with Crippen LogP contribution in [-0.2, 0) is 20.3 Å². The third-order valence-corrected chi connectivity index (χ3v) is 2.81. The fourth-order valence-electron chi connectivity index (χ4n) is 1.30. The van der Waals surface area contributed by atoms with Crippen molar-refractivity contribution in [1.82, 2.24) is 0 Å². The van der Waals surface area contributed by atoms with Gasteiger partial charge in [0.2, 0.25) is 0 Å². The quantitative estimate of drug-likeness (QED) is 0.620. The van der Waals surface area contributed by atoms with Crippen LogP contribution in [0.3, 0.4) is 0 Å². The first kappa shape index (κ1) is 12.5. The van der Waals surface area contributed by atoms with Gasteiger partial charge in [-0.1, -0.05) is 6.07 Å². The van der Waals surface area contributed by atoms with Gasteiger partial charge in [0.25, 0.3) is 0 Å². The van der Waals surface area contributed by atoms with Gasteiger partial charge in [0.15, 0.2) is 9.84 Å². The Hall–Kier alpha value is -1.56. The third-order valence-electron chi connectivity index (χ3n) is 1.95. The standard InChI is InChI=1S/C10H13NO4S/c1-15-10(12)8-4-3-7(5-9(8)11)6-16(2,13)14/h3-5H,6,11H2,1-2H3. The van der Waals surface area contributed by atoms with Gasteiger partial charge in [-0.25, -0.2) is 13.2 Å². The van der Waals surface area contributed by atoms with Gasteiger partial charge in [0.1, 0.15) is 0 Å². The van der Waals surface area contributed by atoms with Crippen LogP contribution < -0.4 is 5.73 Å². The van der Waals surface area contributed by atoms with Crippen molar-refractivity contribution in [2.75, 3.05) is 19.1 Å². The van der Waals surface area contributed by atoms with Gasteiger partial charge < -0.3 is 10.5 Å². The molecule has 0 heterocycles. The highest BCUT2D eigenvalue weighted by Gasteiger charge is 2.11. The van der Waals surface area contributed by atoms with Crippen LogP contribution in [0.4, 0.5) is 5.69 Å². The van der Waals surface area contributed by atoms with Crippen LogP contribution in [0.1, 0.15) is 15.9 Å². The maximum Gasteiger partial charge on any atom is 0.339 e. The van der Waals surface area contributed by atoms with E-state index in [9.17, 15) is 13.2 Å². The molecular formula is C10H13NO4S. The largest absolute Gasteiger partial charge is 0.465 e. The lowest BCUT2D eigenvalue weighted by molar-refractivity contribution is 0.0602. The molecule has 0 fully saturated rings. The van der Waals surface area contributed by atoms with Crippen LogP contribution in [0.5, 0.6) is 0 Å². The van der Waals surface area contributed by atoms with Crippen LogP contribution in [0.2, 0.25) is 0 Å². The fourth-order valence-corrected chi connectivity index (χ4v) is 2.09. The Morgan fingerprint density at radius 2 is 2.06 bits per heavy atom. The molecule has 5 nitrogen and oxygen atoms in total. The first-order valence-corrected chi connectivity index (χ1v) is 6.54. The minimum absolute atomic E-state index is 0.0986. The van der Waals surface area contributed by atoms with Crippen molar-refractivity contribution in [3.8, 4) is 0 Å². The molecule has 16 heavy (non-hydrogen) atoms. The third kappa shape index (κ3) is 3.23. The summed E-state index contributed by atoms with van der Waals surface area (Å²) in [6.45, 7) is 0. The van der Waals surface area contributed by atoms with Gasteiger partial charge in [-0.15, -0.1) is 0 Å². The number of hydrogen-bond acceptors (Lipinski definition) is 5. The molecule has 0 aliphatic rings. The van der Waals surface area contributed by atoms with E-state index >= 15 is 0 Å². The predicted octanol–water partition coefficient (Wildman–Crippen LogP) is 0.600. The lowest BCUT2D eigenvalue weighted by Crippen LogP contribution is -2.07. The van der Waals surface area contributed by atoms with Gasteiger partial charge in [0, 0.05) is 11.9 Å². The second-order valence-corrected chi connectivity index (χ2v) is 5.62. The summed E-state index contributed by atoms with van der Waals surface area (Å²) in [5, 5.41) is 0. The Balaban J connectivity index is 3.05. The molecule has 0 aromatic heterocycles. The molecule has 0 atom stereocenters. The van der Waals surface area contributed by atoms with Crippen LogP contribution in [0.25, 0.3) is 0 Å². The van der Waals surface area contributed by atoms with E-state index in [0.29, 0.717) is 5.56 Å². The van der Waals surface area contributed by atoms with Crippen LogP contribution >= 0.6 is 0 Å². The lowest BCUT2D eigenvalue weighted by atomic mass is 10.1. The number of methoxy groups -OCH3 is 1. The maximum atomic E-state index is 11.2. The number of rotatable bonds is 3. The highest BCUT2D eigenvalue weighted by Crippen LogP contribution is 2.16. The number of anilines is 1. The van der Waals surface area contributed by atoms with E-state index in [-0.39, 0.29) is 17.0 Å². The molecule has 88 valence electrons. The van der Waals surface area contributed by atoms with Crippen molar-refractivity contribution in [3.05, 3.63) is 29.3 Å². The highest BCUT2D eigenvalue weighted by atomic mass is 32.2. The predicted molar refractivity (Wildman–Crippen MR) is 60.7 cm³/mol. The summed E-state index contributed by atoms with van der Waals surface area (Å²) in [6.07, 6.45) is 1.14. The van der Waals surface area contributed by atoms with Crippen LogP contribution in [-0.4, -0.2) is 27.8 Å². The van der Waals surface area contributed by atoms with Crippen molar-refractivity contribution < 1.29 is 17.9 Å². The second kappa shape index (κ2) is 4.52. The van der Waals surface area contributed by atoms with E-state index in [2.05, 4.69) is 4.74 Å². The summed E-state index contributed by atoms with van der Waals surface area (Å²) in [5.41, 5.74) is 6.62. The molecule has 0 saturated heterocycles. The molecule has 0 unspecified atom stereocenters. The number of hydrogen-bond donors (Lipinski definition) is 1. The number of carbonyl (C=O) groups is 1. The Labute approximate surface area is 94.1 Å². The average molecular weight is 243 g/mol. The number of sulfone groups is 1. The van der Waals surface area contributed by atoms with Gasteiger partial charge in [-0.05, 0) is 17.7 Å². The average Bonchev–Trinajstić information content (AvgIpc) is 2.14. The van der Waals surface area contributed by atoms with Gasteiger partial charge in [-0.2, -0.15) is 0 Å². The molecule has 6 heteroatoms. The van der Waals surface area contributed by atoms with E-state index in [4.69, 9.17) is 5.73 Å². The molecule has 0 aliphatic heterocycles. The number of nitrogens with two attached hydrogens (primary N) is 1. The molecule has 0 radical (unpaired) electrons. The van der Waals surface area contributed by atoms with Gasteiger partial charge >= 0.3 is 5.97 Å². The molecule has 1 rings (SSSR count). The number of benzene rings is 1. The topological polar surface area (TPSA) is 86.5 Å². The van der Waals surface area contributed by atoms with Crippen molar-refractivity contribution >= 4 is 21.5 Å². The summed E-state index contributed by atoms with van der Waals surface area (Å²) in [7, 11) is -1.85. The molecule has 0 spiro atoms. The van der Waals surface area contributed by atoms with E-state index in [0.717, 1.165) is 6.26 Å². The minimum atomic E-state index is -3.10. The van der Waals surface area contributed by atoms with Crippen molar-refractivity contribution in [1.29, 1.82) is 0 Å². The summed E-state index contributed by atoms with van der Waals surface area (Å²) in [6, 6.07) is 4.47. The first-order valence-electron chi connectivity index (χ1n) is 4.48. The van der Waals surface area contributed by atoms with Crippen molar-refractivity contribution in [3.63, 3.8) is 0 Å². The maximum absolute atomic E-state index is 11.2.